The Kier molecular flexibility index (Phi) is 6.81. The van der Waals surface area contributed by atoms with Crippen molar-refractivity contribution in [2.24, 2.45) is 0 Å². The van der Waals surface area contributed by atoms with E-state index in [1.54, 1.807) is 0 Å². The molecule has 6 heteroatoms. The molecule has 0 unspecified atom stereocenters. The smallest absolute Gasteiger partial charge is 0.339 e. The number of aryl methyl sites for hydroxylation is 1. The van der Waals surface area contributed by atoms with Crippen molar-refractivity contribution in [3.05, 3.63) is 76.5 Å². The van der Waals surface area contributed by atoms with Crippen LogP contribution in [0.3, 0.4) is 0 Å². The summed E-state index contributed by atoms with van der Waals surface area (Å²) < 4.78 is 5.47. The number of para-hydroxylation sites is 1. The molecule has 1 amide bonds. The topological polar surface area (TPSA) is 71.5 Å². The summed E-state index contributed by atoms with van der Waals surface area (Å²) in [5.41, 5.74) is 5.36. The van der Waals surface area contributed by atoms with Gasteiger partial charge in [-0.2, -0.15) is 0 Å². The Labute approximate surface area is 188 Å². The predicted octanol–water partition coefficient (Wildman–Crippen LogP) is 3.78. The minimum atomic E-state index is -0.469. The van der Waals surface area contributed by atoms with E-state index >= 15 is 0 Å². The molecule has 4 rings (SSSR count). The van der Waals surface area contributed by atoms with E-state index in [2.05, 4.69) is 17.1 Å². The number of hydrogen-bond acceptors (Lipinski definition) is 5. The Morgan fingerprint density at radius 3 is 2.69 bits per heavy atom. The van der Waals surface area contributed by atoms with Gasteiger partial charge in [0.15, 0.2) is 6.61 Å². The van der Waals surface area contributed by atoms with Crippen LogP contribution in [0.4, 0.5) is 0 Å². The third-order valence-electron chi connectivity index (χ3n) is 5.81. The van der Waals surface area contributed by atoms with Gasteiger partial charge in [-0.15, -0.1) is 0 Å². The van der Waals surface area contributed by atoms with Gasteiger partial charge in [0, 0.05) is 42.7 Å². The lowest BCUT2D eigenvalue weighted by molar-refractivity contribution is -0.124. The summed E-state index contributed by atoms with van der Waals surface area (Å²) in [6.45, 7) is 6.84. The second-order valence-electron chi connectivity index (χ2n) is 8.29. The molecule has 32 heavy (non-hydrogen) atoms. The number of nitrogens with one attached hydrogen (secondary N) is 1. The van der Waals surface area contributed by atoms with Crippen LogP contribution in [-0.4, -0.2) is 41.5 Å². The number of ether oxygens (including phenoxy) is 1. The maximum Gasteiger partial charge on any atom is 0.339 e. The predicted molar refractivity (Wildman–Crippen MR) is 124 cm³/mol. The van der Waals surface area contributed by atoms with E-state index < -0.39 is 5.97 Å². The van der Waals surface area contributed by atoms with Gasteiger partial charge in [0.25, 0.3) is 5.91 Å². The number of hydrogen-bond donors (Lipinski definition) is 1. The second kappa shape index (κ2) is 9.92. The Balaban J connectivity index is 1.49. The molecule has 0 saturated carbocycles. The zero-order valence-corrected chi connectivity index (χ0v) is 18.7. The van der Waals surface area contributed by atoms with Crippen LogP contribution in [0.15, 0.2) is 48.5 Å². The number of benzene rings is 2. The van der Waals surface area contributed by atoms with Crippen molar-refractivity contribution < 1.29 is 14.3 Å². The number of nitrogens with zero attached hydrogens (tertiary/aromatic N) is 2. The summed E-state index contributed by atoms with van der Waals surface area (Å²) in [6.07, 6.45) is 1.86. The third kappa shape index (κ3) is 4.97. The van der Waals surface area contributed by atoms with Crippen molar-refractivity contribution in [2.45, 2.75) is 39.8 Å². The van der Waals surface area contributed by atoms with Crippen LogP contribution in [0.25, 0.3) is 10.9 Å². The molecule has 2 aromatic carbocycles. The molecule has 2 heterocycles. The first-order valence-corrected chi connectivity index (χ1v) is 11.2. The number of esters is 1. The lowest BCUT2D eigenvalue weighted by Gasteiger charge is -2.29. The molecule has 0 atom stereocenters. The van der Waals surface area contributed by atoms with Gasteiger partial charge in [0.1, 0.15) is 0 Å². The molecule has 0 saturated heterocycles. The standard InChI is InChI=1S/C26H29N3O3/c1-3-13-29-14-12-23-21(16-29)25(20-6-4-5-7-22(20)28-23)26(31)32-17-24(30)27-15-19-10-8-18(2)9-11-19/h4-11H,3,12-17H2,1-2H3,(H,27,30). The highest BCUT2D eigenvalue weighted by molar-refractivity contribution is 6.05. The van der Waals surface area contributed by atoms with Gasteiger partial charge in [0.05, 0.1) is 11.1 Å². The molecular weight excluding hydrogens is 402 g/mol. The Bertz CT molecular complexity index is 1130. The molecule has 6 nitrogen and oxygen atoms in total. The monoisotopic (exact) mass is 431 g/mol. The van der Waals surface area contributed by atoms with Crippen LogP contribution in [0.1, 0.15) is 46.1 Å². The highest BCUT2D eigenvalue weighted by atomic mass is 16.5. The molecule has 0 spiro atoms. The number of fused-ring (bicyclic) bond motifs is 2. The Morgan fingerprint density at radius 1 is 1.12 bits per heavy atom. The van der Waals surface area contributed by atoms with Gasteiger partial charge in [-0.05, 0) is 31.5 Å². The van der Waals surface area contributed by atoms with E-state index in [9.17, 15) is 9.59 Å². The summed E-state index contributed by atoms with van der Waals surface area (Å²) in [7, 11) is 0. The van der Waals surface area contributed by atoms with Gasteiger partial charge in [-0.3, -0.25) is 14.7 Å². The number of rotatable bonds is 7. The van der Waals surface area contributed by atoms with Crippen molar-refractivity contribution >= 4 is 22.8 Å². The maximum absolute atomic E-state index is 13.2. The van der Waals surface area contributed by atoms with Crippen LogP contribution in [0.2, 0.25) is 0 Å². The van der Waals surface area contributed by atoms with Crippen LogP contribution >= 0.6 is 0 Å². The van der Waals surface area contributed by atoms with Crippen molar-refractivity contribution in [3.63, 3.8) is 0 Å². The van der Waals surface area contributed by atoms with E-state index in [1.807, 2.05) is 55.5 Å². The summed E-state index contributed by atoms with van der Waals surface area (Å²) in [6, 6.07) is 15.6. The zero-order valence-electron chi connectivity index (χ0n) is 18.7. The molecule has 1 N–H and O–H groups in total. The lowest BCUT2D eigenvalue weighted by atomic mass is 9.95. The average Bonchev–Trinajstić information content (AvgIpc) is 2.81. The minimum absolute atomic E-state index is 0.311. The Morgan fingerprint density at radius 2 is 1.91 bits per heavy atom. The maximum atomic E-state index is 13.2. The third-order valence-corrected chi connectivity index (χ3v) is 5.81. The zero-order chi connectivity index (χ0) is 22.5. The summed E-state index contributed by atoms with van der Waals surface area (Å²) in [4.78, 5) is 32.6. The lowest BCUT2D eigenvalue weighted by Crippen LogP contribution is -2.34. The molecule has 1 aromatic heterocycles. The number of pyridine rings is 1. The number of aromatic nitrogens is 1. The molecule has 0 radical (unpaired) electrons. The average molecular weight is 432 g/mol. The molecule has 1 aliphatic heterocycles. The van der Waals surface area contributed by atoms with Crippen molar-refractivity contribution in [2.75, 3.05) is 19.7 Å². The molecular formula is C26H29N3O3. The minimum Gasteiger partial charge on any atom is -0.452 e. The van der Waals surface area contributed by atoms with Crippen LogP contribution in [0, 0.1) is 6.92 Å². The normalized spacial score (nSPS) is 13.6. The summed E-state index contributed by atoms with van der Waals surface area (Å²) in [5, 5.41) is 3.58. The molecule has 166 valence electrons. The molecule has 3 aromatic rings. The van der Waals surface area contributed by atoms with Gasteiger partial charge < -0.3 is 10.1 Å². The SMILES string of the molecule is CCCN1CCc2nc3ccccc3c(C(=O)OCC(=O)NCc3ccc(C)cc3)c2C1. The quantitative estimate of drug-likeness (QED) is 0.577. The first kappa shape index (κ1) is 22.0. The highest BCUT2D eigenvalue weighted by Crippen LogP contribution is 2.28. The van der Waals surface area contributed by atoms with Crippen LogP contribution in [0.5, 0.6) is 0 Å². The second-order valence-corrected chi connectivity index (χ2v) is 8.29. The van der Waals surface area contributed by atoms with Crippen molar-refractivity contribution in [1.82, 2.24) is 15.2 Å². The van der Waals surface area contributed by atoms with Crippen LogP contribution in [-0.2, 0) is 29.0 Å². The fraction of sp³-hybridized carbons (Fsp3) is 0.346. The van der Waals surface area contributed by atoms with E-state index in [0.29, 0.717) is 18.7 Å². The number of amides is 1. The van der Waals surface area contributed by atoms with Gasteiger partial charge in [-0.1, -0.05) is 55.0 Å². The van der Waals surface area contributed by atoms with Crippen molar-refractivity contribution in [3.8, 4) is 0 Å². The first-order chi connectivity index (χ1) is 15.5. The fourth-order valence-electron chi connectivity index (χ4n) is 4.15. The van der Waals surface area contributed by atoms with E-state index in [4.69, 9.17) is 9.72 Å². The van der Waals surface area contributed by atoms with Crippen LogP contribution < -0.4 is 5.32 Å². The van der Waals surface area contributed by atoms with Gasteiger partial charge >= 0.3 is 5.97 Å². The van der Waals surface area contributed by atoms with Gasteiger partial charge in [0.2, 0.25) is 0 Å². The van der Waals surface area contributed by atoms with Gasteiger partial charge in [-0.25, -0.2) is 4.79 Å². The summed E-state index contributed by atoms with van der Waals surface area (Å²) in [5.74, 6) is -0.789. The largest absolute Gasteiger partial charge is 0.452 e. The number of carbonyl (C=O) groups is 2. The summed E-state index contributed by atoms with van der Waals surface area (Å²) >= 11 is 0. The molecule has 1 aliphatic rings. The van der Waals surface area contributed by atoms with E-state index in [1.165, 1.54) is 5.56 Å². The highest BCUT2D eigenvalue weighted by Gasteiger charge is 2.26. The van der Waals surface area contributed by atoms with Crippen molar-refractivity contribution in [1.29, 1.82) is 0 Å². The first-order valence-electron chi connectivity index (χ1n) is 11.2. The molecule has 0 aliphatic carbocycles. The van der Waals surface area contributed by atoms with E-state index in [0.717, 1.165) is 53.7 Å². The molecule has 0 bridgehead atoms. The number of carbonyl (C=O) groups excluding carboxylic acids is 2. The fourth-order valence-corrected chi connectivity index (χ4v) is 4.15. The Hall–Kier alpha value is -3.25. The van der Waals surface area contributed by atoms with E-state index in [-0.39, 0.29) is 12.5 Å². The molecule has 0 fully saturated rings.